The van der Waals surface area contributed by atoms with Crippen molar-refractivity contribution in [3.05, 3.63) is 11.8 Å². The summed E-state index contributed by atoms with van der Waals surface area (Å²) in [6.07, 6.45) is 2.08. The Morgan fingerprint density at radius 3 is 2.83 bits per heavy atom. The molecule has 0 radical (unpaired) electrons. The SMILES string of the molecule is CSCc1cc(N)nn1C(C)C. The van der Waals surface area contributed by atoms with Crippen molar-refractivity contribution in [1.82, 2.24) is 9.78 Å². The molecule has 0 bridgehead atoms. The molecule has 0 aromatic carbocycles. The Kier molecular flexibility index (Phi) is 3.03. The van der Waals surface area contributed by atoms with Crippen molar-refractivity contribution in [2.75, 3.05) is 12.0 Å². The van der Waals surface area contributed by atoms with E-state index in [1.807, 2.05) is 10.7 Å². The molecule has 68 valence electrons. The van der Waals surface area contributed by atoms with E-state index in [-0.39, 0.29) is 0 Å². The fraction of sp³-hybridized carbons (Fsp3) is 0.625. The van der Waals surface area contributed by atoms with E-state index in [4.69, 9.17) is 5.73 Å². The summed E-state index contributed by atoms with van der Waals surface area (Å²) in [4.78, 5) is 0. The Balaban J connectivity index is 2.92. The molecule has 0 unspecified atom stereocenters. The molecule has 1 aromatic heterocycles. The number of hydrogen-bond acceptors (Lipinski definition) is 3. The van der Waals surface area contributed by atoms with Gasteiger partial charge < -0.3 is 5.73 Å². The van der Waals surface area contributed by atoms with Gasteiger partial charge in [-0.15, -0.1) is 0 Å². The van der Waals surface area contributed by atoms with E-state index in [2.05, 4.69) is 25.2 Å². The maximum atomic E-state index is 5.61. The normalized spacial score (nSPS) is 11.0. The highest BCUT2D eigenvalue weighted by Crippen LogP contribution is 2.16. The van der Waals surface area contributed by atoms with Crippen molar-refractivity contribution in [2.24, 2.45) is 0 Å². The molecular weight excluding hydrogens is 170 g/mol. The lowest BCUT2D eigenvalue weighted by atomic mass is 10.4. The molecule has 0 aliphatic heterocycles. The van der Waals surface area contributed by atoms with Crippen LogP contribution in [0.4, 0.5) is 5.82 Å². The lowest BCUT2D eigenvalue weighted by Gasteiger charge is -2.09. The number of nitrogens with zero attached hydrogens (tertiary/aromatic N) is 2. The van der Waals surface area contributed by atoms with Gasteiger partial charge in [-0.05, 0) is 20.1 Å². The van der Waals surface area contributed by atoms with Crippen LogP contribution in [0.1, 0.15) is 25.6 Å². The van der Waals surface area contributed by atoms with E-state index < -0.39 is 0 Å². The van der Waals surface area contributed by atoms with Crippen LogP contribution in [0.25, 0.3) is 0 Å². The highest BCUT2D eigenvalue weighted by atomic mass is 32.2. The van der Waals surface area contributed by atoms with E-state index in [0.29, 0.717) is 11.9 Å². The van der Waals surface area contributed by atoms with E-state index >= 15 is 0 Å². The van der Waals surface area contributed by atoms with Crippen LogP contribution in [0.5, 0.6) is 0 Å². The average molecular weight is 185 g/mol. The van der Waals surface area contributed by atoms with Gasteiger partial charge in [0, 0.05) is 17.9 Å². The largest absolute Gasteiger partial charge is 0.382 e. The molecule has 1 heterocycles. The number of aromatic nitrogens is 2. The lowest BCUT2D eigenvalue weighted by Crippen LogP contribution is -2.06. The zero-order valence-corrected chi connectivity index (χ0v) is 8.56. The zero-order chi connectivity index (χ0) is 9.14. The minimum Gasteiger partial charge on any atom is -0.382 e. The first-order valence-electron chi connectivity index (χ1n) is 3.98. The standard InChI is InChI=1S/C8H15N3S/c1-6(2)11-7(5-12-3)4-8(9)10-11/h4,6H,5H2,1-3H3,(H2,9,10). The van der Waals surface area contributed by atoms with Crippen LogP contribution < -0.4 is 5.73 Å². The zero-order valence-electron chi connectivity index (χ0n) is 7.74. The van der Waals surface area contributed by atoms with Crippen LogP contribution in [0.15, 0.2) is 6.07 Å². The number of rotatable bonds is 3. The van der Waals surface area contributed by atoms with Crippen LogP contribution in [0.3, 0.4) is 0 Å². The first kappa shape index (κ1) is 9.45. The van der Waals surface area contributed by atoms with Gasteiger partial charge in [0.05, 0.1) is 5.69 Å². The molecule has 1 aromatic rings. The van der Waals surface area contributed by atoms with Gasteiger partial charge >= 0.3 is 0 Å². The predicted molar refractivity (Wildman–Crippen MR) is 54.2 cm³/mol. The highest BCUT2D eigenvalue weighted by Gasteiger charge is 2.07. The van der Waals surface area contributed by atoms with Crippen LogP contribution >= 0.6 is 11.8 Å². The van der Waals surface area contributed by atoms with Gasteiger partial charge in [0.2, 0.25) is 0 Å². The van der Waals surface area contributed by atoms with E-state index in [1.165, 1.54) is 5.69 Å². The van der Waals surface area contributed by atoms with Gasteiger partial charge in [-0.25, -0.2) is 0 Å². The molecule has 0 saturated heterocycles. The number of nitrogens with two attached hydrogens (primary N) is 1. The first-order valence-corrected chi connectivity index (χ1v) is 5.37. The van der Waals surface area contributed by atoms with Crippen molar-refractivity contribution in [3.8, 4) is 0 Å². The van der Waals surface area contributed by atoms with Crippen molar-refractivity contribution in [1.29, 1.82) is 0 Å². The Bertz CT molecular complexity index is 255. The number of anilines is 1. The van der Waals surface area contributed by atoms with Gasteiger partial charge in [-0.3, -0.25) is 4.68 Å². The fourth-order valence-corrected chi connectivity index (χ4v) is 1.67. The van der Waals surface area contributed by atoms with E-state index in [1.54, 1.807) is 11.8 Å². The Hall–Kier alpha value is -0.640. The molecule has 0 aliphatic rings. The summed E-state index contributed by atoms with van der Waals surface area (Å²) in [7, 11) is 0. The monoisotopic (exact) mass is 185 g/mol. The molecule has 4 heteroatoms. The lowest BCUT2D eigenvalue weighted by molar-refractivity contribution is 0.519. The minimum absolute atomic E-state index is 0.393. The maximum absolute atomic E-state index is 5.61. The number of hydrogen-bond donors (Lipinski definition) is 1. The summed E-state index contributed by atoms with van der Waals surface area (Å²) in [6, 6.07) is 2.33. The molecule has 0 saturated carbocycles. The second-order valence-corrected chi connectivity index (χ2v) is 3.90. The first-order chi connectivity index (χ1) is 5.65. The predicted octanol–water partition coefficient (Wildman–Crippen LogP) is 1.91. The molecule has 3 nitrogen and oxygen atoms in total. The second kappa shape index (κ2) is 3.85. The summed E-state index contributed by atoms with van der Waals surface area (Å²) in [5.41, 5.74) is 6.81. The molecule has 1 rings (SSSR count). The van der Waals surface area contributed by atoms with Crippen molar-refractivity contribution in [3.63, 3.8) is 0 Å². The third kappa shape index (κ3) is 1.94. The van der Waals surface area contributed by atoms with Crippen molar-refractivity contribution < 1.29 is 0 Å². The van der Waals surface area contributed by atoms with Crippen LogP contribution in [0.2, 0.25) is 0 Å². The summed E-state index contributed by atoms with van der Waals surface area (Å²) in [6.45, 7) is 4.21. The number of nitrogen functional groups attached to an aromatic ring is 1. The third-order valence-corrected chi connectivity index (χ3v) is 2.20. The van der Waals surface area contributed by atoms with Crippen molar-refractivity contribution >= 4 is 17.6 Å². The number of thioether (sulfide) groups is 1. The molecule has 0 aliphatic carbocycles. The average Bonchev–Trinajstić information content (AvgIpc) is 2.32. The molecule has 0 spiro atoms. The Labute approximate surface area is 77.3 Å². The highest BCUT2D eigenvalue weighted by molar-refractivity contribution is 7.97. The summed E-state index contributed by atoms with van der Waals surface area (Å²) in [5.74, 6) is 1.59. The van der Waals surface area contributed by atoms with Crippen LogP contribution in [-0.4, -0.2) is 16.0 Å². The molecule has 12 heavy (non-hydrogen) atoms. The quantitative estimate of drug-likeness (QED) is 0.782. The van der Waals surface area contributed by atoms with Gasteiger partial charge in [0.25, 0.3) is 0 Å². The Morgan fingerprint density at radius 1 is 1.67 bits per heavy atom. The molecule has 2 N–H and O–H groups in total. The molecular formula is C8H15N3S. The van der Waals surface area contributed by atoms with E-state index in [9.17, 15) is 0 Å². The van der Waals surface area contributed by atoms with Crippen LogP contribution in [-0.2, 0) is 5.75 Å². The van der Waals surface area contributed by atoms with Gasteiger partial charge in [-0.1, -0.05) is 0 Å². The maximum Gasteiger partial charge on any atom is 0.145 e. The third-order valence-electron chi connectivity index (χ3n) is 1.61. The Morgan fingerprint density at radius 2 is 2.33 bits per heavy atom. The summed E-state index contributed by atoms with van der Waals surface area (Å²) < 4.78 is 1.98. The second-order valence-electron chi connectivity index (χ2n) is 3.03. The van der Waals surface area contributed by atoms with E-state index in [0.717, 1.165) is 5.75 Å². The minimum atomic E-state index is 0.393. The van der Waals surface area contributed by atoms with Crippen LogP contribution in [0, 0.1) is 0 Å². The summed E-state index contributed by atoms with van der Waals surface area (Å²) in [5, 5.41) is 4.21. The fourth-order valence-electron chi connectivity index (χ4n) is 1.16. The van der Waals surface area contributed by atoms with Gasteiger partial charge in [0.15, 0.2) is 0 Å². The molecule has 0 amide bonds. The topological polar surface area (TPSA) is 43.8 Å². The molecule has 0 fully saturated rings. The summed E-state index contributed by atoms with van der Waals surface area (Å²) >= 11 is 1.78. The van der Waals surface area contributed by atoms with Gasteiger partial charge in [-0.2, -0.15) is 16.9 Å². The molecule has 0 atom stereocenters. The smallest absolute Gasteiger partial charge is 0.145 e. The van der Waals surface area contributed by atoms with Gasteiger partial charge in [0.1, 0.15) is 5.82 Å². The van der Waals surface area contributed by atoms with Crippen molar-refractivity contribution in [2.45, 2.75) is 25.6 Å².